The van der Waals surface area contributed by atoms with E-state index in [0.717, 1.165) is 22.5 Å². The van der Waals surface area contributed by atoms with E-state index in [-0.39, 0.29) is 11.9 Å². The molecule has 0 spiro atoms. The maximum Gasteiger partial charge on any atom is 0.266 e. The van der Waals surface area contributed by atoms with Gasteiger partial charge in [0.05, 0.1) is 16.3 Å². The largest absolute Gasteiger partial charge is 0.290 e. The molecule has 0 atom stereocenters. The Morgan fingerprint density at radius 1 is 1.10 bits per heavy atom. The van der Waals surface area contributed by atoms with Gasteiger partial charge >= 0.3 is 0 Å². The Hall–Kier alpha value is -2.41. The molecule has 0 bridgehead atoms. The summed E-state index contributed by atoms with van der Waals surface area (Å²) < 4.78 is 2.40. The third-order valence-corrected chi connectivity index (χ3v) is 6.09. The molecule has 0 aliphatic carbocycles. The van der Waals surface area contributed by atoms with Gasteiger partial charge in [-0.05, 0) is 44.2 Å². The van der Waals surface area contributed by atoms with E-state index >= 15 is 0 Å². The van der Waals surface area contributed by atoms with Gasteiger partial charge in [-0.15, -0.1) is 0 Å². The van der Waals surface area contributed by atoms with Crippen molar-refractivity contribution in [3.8, 4) is 16.9 Å². The highest BCUT2D eigenvalue weighted by molar-refractivity contribution is 8.26. The number of hydrogen-bond donors (Lipinski definition) is 0. The highest BCUT2D eigenvalue weighted by Gasteiger charge is 2.34. The van der Waals surface area contributed by atoms with Crippen LogP contribution in [-0.4, -0.2) is 30.9 Å². The molecule has 1 aliphatic rings. The third-order valence-electron chi connectivity index (χ3n) is 4.51. The van der Waals surface area contributed by atoms with Crippen molar-refractivity contribution >= 4 is 51.9 Å². The van der Waals surface area contributed by atoms with Crippen molar-refractivity contribution in [2.45, 2.75) is 19.9 Å². The molecule has 7 heteroatoms. The van der Waals surface area contributed by atoms with Gasteiger partial charge in [-0.3, -0.25) is 9.69 Å². The van der Waals surface area contributed by atoms with Gasteiger partial charge in [0.25, 0.3) is 5.91 Å². The number of nitrogens with zero attached hydrogens (tertiary/aromatic N) is 3. The zero-order valence-electron chi connectivity index (χ0n) is 15.9. The third kappa shape index (κ3) is 4.01. The number of amides is 1. The van der Waals surface area contributed by atoms with Crippen LogP contribution in [0, 0.1) is 0 Å². The number of halogens is 1. The van der Waals surface area contributed by atoms with Crippen LogP contribution in [0.5, 0.6) is 0 Å². The van der Waals surface area contributed by atoms with Crippen molar-refractivity contribution in [3.05, 3.63) is 76.3 Å². The van der Waals surface area contributed by atoms with Gasteiger partial charge in [-0.25, -0.2) is 4.68 Å². The molecule has 1 amide bonds. The van der Waals surface area contributed by atoms with Gasteiger partial charge in [0.2, 0.25) is 0 Å². The first kappa shape index (κ1) is 19.9. The summed E-state index contributed by atoms with van der Waals surface area (Å²) in [6.45, 7) is 3.92. The van der Waals surface area contributed by atoms with Crippen molar-refractivity contribution in [2.75, 3.05) is 0 Å². The summed E-state index contributed by atoms with van der Waals surface area (Å²) in [6, 6.07) is 17.4. The van der Waals surface area contributed by atoms with Crippen molar-refractivity contribution in [3.63, 3.8) is 0 Å². The zero-order valence-corrected chi connectivity index (χ0v) is 18.3. The Morgan fingerprint density at radius 3 is 2.41 bits per heavy atom. The lowest BCUT2D eigenvalue weighted by atomic mass is 10.1. The highest BCUT2D eigenvalue weighted by atomic mass is 35.5. The molecule has 0 saturated carbocycles. The molecule has 2 aromatic carbocycles. The molecule has 1 aromatic heterocycles. The van der Waals surface area contributed by atoms with Crippen LogP contribution < -0.4 is 0 Å². The van der Waals surface area contributed by atoms with Crippen LogP contribution in [0.4, 0.5) is 0 Å². The summed E-state index contributed by atoms with van der Waals surface area (Å²) in [4.78, 5) is 15.1. The summed E-state index contributed by atoms with van der Waals surface area (Å²) in [5, 5.41) is 5.45. The van der Waals surface area contributed by atoms with Crippen LogP contribution in [0.25, 0.3) is 23.0 Å². The van der Waals surface area contributed by atoms with Gasteiger partial charge in [0, 0.05) is 28.4 Å². The minimum Gasteiger partial charge on any atom is -0.290 e. The molecule has 0 radical (unpaired) electrons. The Morgan fingerprint density at radius 2 is 1.79 bits per heavy atom. The van der Waals surface area contributed by atoms with E-state index in [4.69, 9.17) is 28.9 Å². The van der Waals surface area contributed by atoms with Crippen LogP contribution in [0.1, 0.15) is 19.4 Å². The van der Waals surface area contributed by atoms with E-state index in [1.54, 1.807) is 4.90 Å². The predicted octanol–water partition coefficient (Wildman–Crippen LogP) is 5.80. The number of benzene rings is 2. The van der Waals surface area contributed by atoms with E-state index < -0.39 is 0 Å². The minimum absolute atomic E-state index is 0.0242. The molecule has 1 aliphatic heterocycles. The monoisotopic (exact) mass is 439 g/mol. The number of para-hydroxylation sites is 1. The van der Waals surface area contributed by atoms with Crippen LogP contribution in [0.15, 0.2) is 65.7 Å². The van der Waals surface area contributed by atoms with Crippen LogP contribution >= 0.6 is 35.6 Å². The Labute approximate surface area is 184 Å². The first-order chi connectivity index (χ1) is 13.9. The molecule has 0 unspecified atom stereocenters. The van der Waals surface area contributed by atoms with Crippen molar-refractivity contribution < 1.29 is 4.79 Å². The second kappa shape index (κ2) is 8.14. The summed E-state index contributed by atoms with van der Waals surface area (Å²) in [5.74, 6) is -0.0653. The molecule has 146 valence electrons. The molecule has 4 nitrogen and oxygen atoms in total. The molecule has 29 heavy (non-hydrogen) atoms. The maximum atomic E-state index is 12.8. The second-order valence-electron chi connectivity index (χ2n) is 6.87. The smallest absolute Gasteiger partial charge is 0.266 e. The Balaban J connectivity index is 1.82. The molecule has 3 aromatic rings. The predicted molar refractivity (Wildman–Crippen MR) is 124 cm³/mol. The highest BCUT2D eigenvalue weighted by Crippen LogP contribution is 2.36. The van der Waals surface area contributed by atoms with Gasteiger partial charge in [-0.1, -0.05) is 65.9 Å². The Bertz CT molecular complexity index is 1100. The van der Waals surface area contributed by atoms with Crippen LogP contribution in [0.3, 0.4) is 0 Å². The van der Waals surface area contributed by atoms with E-state index in [1.165, 1.54) is 11.8 Å². The average Bonchev–Trinajstić information content (AvgIpc) is 3.24. The second-order valence-corrected chi connectivity index (χ2v) is 8.98. The summed E-state index contributed by atoms with van der Waals surface area (Å²) in [6.07, 6.45) is 3.80. The number of thiocarbonyl (C=S) groups is 1. The molecule has 0 N–H and O–H groups in total. The van der Waals surface area contributed by atoms with Gasteiger partial charge in [-0.2, -0.15) is 5.10 Å². The molecule has 2 heterocycles. The van der Waals surface area contributed by atoms with E-state index in [0.29, 0.717) is 14.2 Å². The molecular weight excluding hydrogens is 422 g/mol. The lowest BCUT2D eigenvalue weighted by molar-refractivity contribution is -0.123. The van der Waals surface area contributed by atoms with Crippen LogP contribution in [0.2, 0.25) is 5.02 Å². The van der Waals surface area contributed by atoms with Crippen LogP contribution in [-0.2, 0) is 4.79 Å². The first-order valence-corrected chi connectivity index (χ1v) is 10.7. The molecule has 1 saturated heterocycles. The van der Waals surface area contributed by atoms with Gasteiger partial charge < -0.3 is 0 Å². The standard InChI is InChI=1S/C22H18ClN3OS2/c1-14(2)26-21(27)19(29-22(26)28)12-16-13-25(18-6-4-3-5-7-18)24-20(16)15-8-10-17(23)11-9-15/h3-14H,1-2H3/b19-12-. The van der Waals surface area contributed by atoms with E-state index in [2.05, 4.69) is 0 Å². The molecule has 4 rings (SSSR count). The van der Waals surface area contributed by atoms with E-state index in [1.807, 2.05) is 85.4 Å². The number of hydrogen-bond acceptors (Lipinski definition) is 4. The fourth-order valence-corrected chi connectivity index (χ4v) is 4.75. The lowest BCUT2D eigenvalue weighted by Crippen LogP contribution is -2.34. The van der Waals surface area contributed by atoms with Crippen molar-refractivity contribution in [2.24, 2.45) is 0 Å². The fourth-order valence-electron chi connectivity index (χ4n) is 3.10. The quantitative estimate of drug-likeness (QED) is 0.380. The molecular formula is C22H18ClN3OS2. The Kier molecular flexibility index (Phi) is 5.58. The summed E-state index contributed by atoms with van der Waals surface area (Å²) >= 11 is 12.8. The maximum absolute atomic E-state index is 12.8. The number of carbonyl (C=O) groups excluding carboxylic acids is 1. The SMILES string of the molecule is CC(C)N1C(=O)/C(=C/c2cn(-c3ccccc3)nc2-c2ccc(Cl)cc2)SC1=S. The zero-order chi connectivity index (χ0) is 20.5. The van der Waals surface area contributed by atoms with Crippen molar-refractivity contribution in [1.82, 2.24) is 14.7 Å². The number of rotatable bonds is 4. The normalized spacial score (nSPS) is 15.7. The summed E-state index contributed by atoms with van der Waals surface area (Å²) in [5.41, 5.74) is 3.49. The lowest BCUT2D eigenvalue weighted by Gasteiger charge is -2.18. The van der Waals surface area contributed by atoms with Crippen molar-refractivity contribution in [1.29, 1.82) is 0 Å². The average molecular weight is 440 g/mol. The topological polar surface area (TPSA) is 38.1 Å². The van der Waals surface area contributed by atoms with Gasteiger partial charge in [0.15, 0.2) is 0 Å². The fraction of sp³-hybridized carbons (Fsp3) is 0.136. The number of thioether (sulfide) groups is 1. The molecule has 1 fully saturated rings. The minimum atomic E-state index is -0.0653. The number of aromatic nitrogens is 2. The summed E-state index contributed by atoms with van der Waals surface area (Å²) in [7, 11) is 0. The van der Waals surface area contributed by atoms with Gasteiger partial charge in [0.1, 0.15) is 4.32 Å². The van der Waals surface area contributed by atoms with E-state index in [9.17, 15) is 4.79 Å². The first-order valence-electron chi connectivity index (χ1n) is 9.12. The number of carbonyl (C=O) groups is 1.